The molecular formula is C25H34ClN3O4S. The first kappa shape index (κ1) is 27.7. The van der Waals surface area contributed by atoms with Gasteiger partial charge in [-0.15, -0.1) is 0 Å². The van der Waals surface area contributed by atoms with Gasteiger partial charge in [0.15, 0.2) is 0 Å². The Morgan fingerprint density at radius 1 is 1.09 bits per heavy atom. The molecule has 34 heavy (non-hydrogen) atoms. The first-order valence-electron chi connectivity index (χ1n) is 11.4. The van der Waals surface area contributed by atoms with Gasteiger partial charge >= 0.3 is 0 Å². The molecule has 2 aromatic rings. The Hall–Kier alpha value is -2.58. The molecule has 1 N–H and O–H groups in total. The van der Waals surface area contributed by atoms with Crippen LogP contribution in [0.5, 0.6) is 0 Å². The van der Waals surface area contributed by atoms with E-state index in [9.17, 15) is 18.0 Å². The van der Waals surface area contributed by atoms with Gasteiger partial charge in [-0.1, -0.05) is 62.2 Å². The van der Waals surface area contributed by atoms with Crippen LogP contribution in [0.1, 0.15) is 44.2 Å². The minimum absolute atomic E-state index is 0.191. The Labute approximate surface area is 208 Å². The Kier molecular flexibility index (Phi) is 10.4. The first-order chi connectivity index (χ1) is 16.1. The number of carbonyl (C=O) groups is 2. The van der Waals surface area contributed by atoms with Crippen molar-refractivity contribution in [3.63, 3.8) is 0 Å². The molecule has 0 saturated heterocycles. The van der Waals surface area contributed by atoms with Crippen LogP contribution in [0.2, 0.25) is 5.02 Å². The normalized spacial score (nSPS) is 12.1. The van der Waals surface area contributed by atoms with Gasteiger partial charge in [-0.3, -0.25) is 13.9 Å². The van der Waals surface area contributed by atoms with E-state index in [0.29, 0.717) is 29.2 Å². The second-order valence-corrected chi connectivity index (χ2v) is 10.6. The van der Waals surface area contributed by atoms with Crippen LogP contribution in [-0.2, 0) is 26.2 Å². The molecule has 0 saturated carbocycles. The summed E-state index contributed by atoms with van der Waals surface area (Å²) in [5.41, 5.74) is 1.86. The van der Waals surface area contributed by atoms with Crippen LogP contribution in [0.15, 0.2) is 48.5 Å². The number of hydrogen-bond acceptors (Lipinski definition) is 4. The average Bonchev–Trinajstić information content (AvgIpc) is 2.78. The Balaban J connectivity index is 2.40. The maximum atomic E-state index is 13.6. The summed E-state index contributed by atoms with van der Waals surface area (Å²) in [6.45, 7) is 5.91. The zero-order chi connectivity index (χ0) is 25.3. The minimum atomic E-state index is -3.78. The second-order valence-electron chi connectivity index (χ2n) is 8.28. The fraction of sp³-hybridized carbons (Fsp3) is 0.440. The van der Waals surface area contributed by atoms with Gasteiger partial charge in [-0.25, -0.2) is 8.42 Å². The maximum absolute atomic E-state index is 13.6. The van der Waals surface area contributed by atoms with Crippen LogP contribution in [0.25, 0.3) is 0 Å². The third-order valence-electron chi connectivity index (χ3n) is 5.52. The van der Waals surface area contributed by atoms with Crippen molar-refractivity contribution in [3.8, 4) is 0 Å². The number of nitrogens with one attached hydrogen (secondary N) is 1. The molecule has 0 spiro atoms. The third-order valence-corrected chi connectivity index (χ3v) is 6.88. The molecule has 0 heterocycles. The molecule has 0 aliphatic heterocycles. The quantitative estimate of drug-likeness (QED) is 0.437. The van der Waals surface area contributed by atoms with Gasteiger partial charge in [-0.05, 0) is 49.1 Å². The van der Waals surface area contributed by atoms with Gasteiger partial charge in [-0.2, -0.15) is 0 Å². The number of hydrogen-bond donors (Lipinski definition) is 1. The number of nitrogens with zero attached hydrogens (tertiary/aromatic N) is 2. The van der Waals surface area contributed by atoms with Crippen molar-refractivity contribution in [1.29, 1.82) is 0 Å². The number of benzene rings is 2. The lowest BCUT2D eigenvalue weighted by Crippen LogP contribution is -2.52. The standard InChI is InChI=1S/C25H34ClN3O4S/c1-5-7-15-27-25(31)22(6-2)28(17-20-11-9-8-10-12-20)24(30)18-29(34(4,32)33)23-14-13-21(26)16-19(23)3/h8-14,16,22H,5-7,15,17-18H2,1-4H3,(H,27,31)/t22-/m0/s1. The highest BCUT2D eigenvalue weighted by Crippen LogP contribution is 2.26. The smallest absolute Gasteiger partial charge is 0.244 e. The monoisotopic (exact) mass is 507 g/mol. The topological polar surface area (TPSA) is 86.8 Å². The fourth-order valence-electron chi connectivity index (χ4n) is 3.70. The van der Waals surface area contributed by atoms with Crippen molar-refractivity contribution in [3.05, 3.63) is 64.7 Å². The lowest BCUT2D eigenvalue weighted by atomic mass is 10.1. The number of sulfonamides is 1. The van der Waals surface area contributed by atoms with Crippen molar-refractivity contribution >= 4 is 39.1 Å². The molecule has 0 radical (unpaired) electrons. The molecule has 7 nitrogen and oxygen atoms in total. The number of carbonyl (C=O) groups excluding carboxylic acids is 2. The highest BCUT2D eigenvalue weighted by atomic mass is 35.5. The van der Waals surface area contributed by atoms with E-state index in [4.69, 9.17) is 11.6 Å². The molecule has 0 unspecified atom stereocenters. The Morgan fingerprint density at radius 3 is 2.32 bits per heavy atom. The summed E-state index contributed by atoms with van der Waals surface area (Å²) in [5.74, 6) is -0.699. The van der Waals surface area contributed by atoms with Crippen molar-refractivity contribution in [2.75, 3.05) is 23.7 Å². The number of unbranched alkanes of at least 4 members (excludes halogenated alkanes) is 1. The predicted octanol–water partition coefficient (Wildman–Crippen LogP) is 4.14. The average molecular weight is 508 g/mol. The molecule has 2 aromatic carbocycles. The molecule has 0 aliphatic carbocycles. The Morgan fingerprint density at radius 2 is 1.76 bits per heavy atom. The number of aryl methyl sites for hydroxylation is 1. The van der Waals surface area contributed by atoms with Crippen molar-refractivity contribution < 1.29 is 18.0 Å². The highest BCUT2D eigenvalue weighted by molar-refractivity contribution is 7.92. The zero-order valence-electron chi connectivity index (χ0n) is 20.3. The SMILES string of the molecule is CCCCNC(=O)[C@H](CC)N(Cc1ccccc1)C(=O)CN(c1ccc(Cl)cc1C)S(C)(=O)=O. The van der Waals surface area contributed by atoms with Gasteiger partial charge in [0.1, 0.15) is 12.6 Å². The van der Waals surface area contributed by atoms with Gasteiger partial charge in [0.25, 0.3) is 0 Å². The van der Waals surface area contributed by atoms with E-state index in [1.807, 2.05) is 44.2 Å². The van der Waals surface area contributed by atoms with E-state index in [1.54, 1.807) is 25.1 Å². The lowest BCUT2D eigenvalue weighted by molar-refractivity contribution is -0.140. The third kappa shape index (κ3) is 7.74. The van der Waals surface area contributed by atoms with Crippen LogP contribution < -0.4 is 9.62 Å². The van der Waals surface area contributed by atoms with Crippen LogP contribution in [0.4, 0.5) is 5.69 Å². The van der Waals surface area contributed by atoms with Crippen LogP contribution in [-0.4, -0.2) is 50.5 Å². The van der Waals surface area contributed by atoms with Gasteiger partial charge in [0, 0.05) is 18.1 Å². The number of rotatable bonds is 12. The minimum Gasteiger partial charge on any atom is -0.354 e. The maximum Gasteiger partial charge on any atom is 0.244 e. The first-order valence-corrected chi connectivity index (χ1v) is 13.7. The molecule has 2 amide bonds. The molecule has 9 heteroatoms. The highest BCUT2D eigenvalue weighted by Gasteiger charge is 2.32. The zero-order valence-corrected chi connectivity index (χ0v) is 21.8. The summed E-state index contributed by atoms with van der Waals surface area (Å²) in [6.07, 6.45) is 3.24. The van der Waals surface area contributed by atoms with E-state index in [2.05, 4.69) is 5.32 Å². The summed E-state index contributed by atoms with van der Waals surface area (Å²) in [7, 11) is -3.78. The lowest BCUT2D eigenvalue weighted by Gasteiger charge is -2.33. The summed E-state index contributed by atoms with van der Waals surface area (Å²) >= 11 is 6.04. The molecule has 0 aliphatic rings. The molecule has 0 bridgehead atoms. The summed E-state index contributed by atoms with van der Waals surface area (Å²) in [4.78, 5) is 28.1. The van der Waals surface area contributed by atoms with Crippen molar-refractivity contribution in [2.24, 2.45) is 0 Å². The predicted molar refractivity (Wildman–Crippen MR) is 137 cm³/mol. The van der Waals surface area contributed by atoms with E-state index in [-0.39, 0.29) is 12.5 Å². The summed E-state index contributed by atoms with van der Waals surface area (Å²) in [6, 6.07) is 13.4. The van der Waals surface area contributed by atoms with E-state index in [0.717, 1.165) is 29.0 Å². The molecule has 2 rings (SSSR count). The van der Waals surface area contributed by atoms with E-state index < -0.39 is 28.5 Å². The van der Waals surface area contributed by atoms with Crippen LogP contribution in [0.3, 0.4) is 0 Å². The summed E-state index contributed by atoms with van der Waals surface area (Å²) < 4.78 is 26.4. The molecule has 186 valence electrons. The van der Waals surface area contributed by atoms with Gasteiger partial charge in [0.2, 0.25) is 21.8 Å². The molecule has 0 fully saturated rings. The molecule has 0 aromatic heterocycles. The largest absolute Gasteiger partial charge is 0.354 e. The number of anilines is 1. The van der Waals surface area contributed by atoms with Crippen molar-refractivity contribution in [1.82, 2.24) is 10.2 Å². The summed E-state index contributed by atoms with van der Waals surface area (Å²) in [5, 5.41) is 3.38. The number of halogens is 1. The van der Waals surface area contributed by atoms with Crippen molar-refractivity contribution in [2.45, 2.75) is 52.6 Å². The second kappa shape index (κ2) is 12.8. The van der Waals surface area contributed by atoms with Gasteiger partial charge in [0.05, 0.1) is 11.9 Å². The van der Waals surface area contributed by atoms with Gasteiger partial charge < -0.3 is 10.2 Å². The van der Waals surface area contributed by atoms with Crippen LogP contribution in [0, 0.1) is 6.92 Å². The Bertz CT molecular complexity index is 1080. The molecule has 1 atom stereocenters. The van der Waals surface area contributed by atoms with E-state index >= 15 is 0 Å². The number of amides is 2. The van der Waals surface area contributed by atoms with E-state index in [1.165, 1.54) is 4.90 Å². The van der Waals surface area contributed by atoms with Crippen LogP contribution >= 0.6 is 11.6 Å². The molecular weight excluding hydrogens is 474 g/mol. The fourth-order valence-corrected chi connectivity index (χ4v) is 4.83.